The van der Waals surface area contributed by atoms with Gasteiger partial charge in [0, 0.05) is 13.1 Å². The third-order valence-electron chi connectivity index (χ3n) is 2.80. The molecule has 0 atom stereocenters. The van der Waals surface area contributed by atoms with Crippen LogP contribution in [0.1, 0.15) is 5.56 Å². The van der Waals surface area contributed by atoms with Crippen molar-refractivity contribution in [1.82, 2.24) is 4.90 Å². The highest BCUT2D eigenvalue weighted by atomic mass is 16.3. The van der Waals surface area contributed by atoms with E-state index in [1.54, 1.807) is 0 Å². The first-order valence-corrected chi connectivity index (χ1v) is 5.64. The molecule has 1 aromatic carbocycles. The number of hydrogen-bond donors (Lipinski definition) is 1. The van der Waals surface area contributed by atoms with Crippen molar-refractivity contribution in [2.24, 2.45) is 0 Å². The largest absolute Gasteiger partial charge is 0.392 e. The van der Waals surface area contributed by atoms with Gasteiger partial charge in [0.25, 0.3) is 0 Å². The van der Waals surface area contributed by atoms with Gasteiger partial charge in [-0.25, -0.2) is 0 Å². The summed E-state index contributed by atoms with van der Waals surface area (Å²) in [5.74, 6) is 0. The summed E-state index contributed by atoms with van der Waals surface area (Å²) in [6, 6.07) is 10.5. The van der Waals surface area contributed by atoms with Gasteiger partial charge in [-0.2, -0.15) is 0 Å². The molecular weight excluding hydrogens is 198 g/mol. The van der Waals surface area contributed by atoms with Gasteiger partial charge < -0.3 is 10.0 Å². The standard InChI is InChI=1S/C14H17NO/c16-12-14-7-10-15(11-8-14)9-6-13-4-2-1-3-5-13/h1-5,7-8,10,16H,6,9,11-12H2. The molecule has 2 nitrogen and oxygen atoms in total. The topological polar surface area (TPSA) is 23.5 Å². The Labute approximate surface area is 96.5 Å². The van der Waals surface area contributed by atoms with Gasteiger partial charge in [-0.15, -0.1) is 0 Å². The van der Waals surface area contributed by atoms with Gasteiger partial charge in [-0.3, -0.25) is 0 Å². The van der Waals surface area contributed by atoms with E-state index in [1.807, 2.05) is 12.1 Å². The second-order valence-corrected chi connectivity index (χ2v) is 3.98. The van der Waals surface area contributed by atoms with E-state index in [4.69, 9.17) is 5.11 Å². The number of nitrogens with zero attached hydrogens (tertiary/aromatic N) is 1. The molecule has 1 heterocycles. The lowest BCUT2D eigenvalue weighted by Gasteiger charge is -2.22. The van der Waals surface area contributed by atoms with Crippen molar-refractivity contribution in [3.63, 3.8) is 0 Å². The number of benzene rings is 1. The number of rotatable bonds is 4. The molecule has 0 saturated heterocycles. The maximum atomic E-state index is 8.95. The monoisotopic (exact) mass is 215 g/mol. The van der Waals surface area contributed by atoms with Gasteiger partial charge >= 0.3 is 0 Å². The molecule has 0 radical (unpaired) electrons. The number of aliphatic hydroxyl groups is 1. The summed E-state index contributed by atoms with van der Waals surface area (Å²) in [6.07, 6.45) is 7.18. The molecule has 0 spiro atoms. The average molecular weight is 215 g/mol. The van der Waals surface area contributed by atoms with Crippen LogP contribution in [0.15, 0.2) is 54.3 Å². The van der Waals surface area contributed by atoms with Gasteiger partial charge in [0.05, 0.1) is 6.61 Å². The Morgan fingerprint density at radius 1 is 1.19 bits per heavy atom. The molecule has 1 N–H and O–H groups in total. The normalized spacial score (nSPS) is 15.1. The van der Waals surface area contributed by atoms with Crippen LogP contribution in [0, 0.1) is 0 Å². The maximum absolute atomic E-state index is 8.95. The molecule has 84 valence electrons. The van der Waals surface area contributed by atoms with E-state index >= 15 is 0 Å². The van der Waals surface area contributed by atoms with Gasteiger partial charge in [-0.05, 0) is 29.8 Å². The van der Waals surface area contributed by atoms with Crippen LogP contribution in [-0.2, 0) is 6.42 Å². The molecule has 0 aliphatic carbocycles. The van der Waals surface area contributed by atoms with Crippen LogP contribution in [0.25, 0.3) is 0 Å². The Bertz CT molecular complexity index is 381. The van der Waals surface area contributed by atoms with E-state index in [2.05, 4.69) is 41.4 Å². The lowest BCUT2D eigenvalue weighted by Crippen LogP contribution is -2.22. The average Bonchev–Trinajstić information content (AvgIpc) is 2.38. The molecule has 2 heteroatoms. The molecule has 0 amide bonds. The van der Waals surface area contributed by atoms with Crippen LogP contribution in [0.4, 0.5) is 0 Å². The van der Waals surface area contributed by atoms with E-state index in [0.29, 0.717) is 0 Å². The van der Waals surface area contributed by atoms with Crippen LogP contribution >= 0.6 is 0 Å². The highest BCUT2D eigenvalue weighted by Crippen LogP contribution is 2.08. The summed E-state index contributed by atoms with van der Waals surface area (Å²) < 4.78 is 0. The fraction of sp³-hybridized carbons (Fsp3) is 0.286. The fourth-order valence-electron chi connectivity index (χ4n) is 1.77. The summed E-state index contributed by atoms with van der Waals surface area (Å²) in [5.41, 5.74) is 2.38. The second kappa shape index (κ2) is 5.52. The van der Waals surface area contributed by atoms with Crippen LogP contribution in [0.2, 0.25) is 0 Å². The van der Waals surface area contributed by atoms with Gasteiger partial charge in [-0.1, -0.05) is 36.4 Å². The summed E-state index contributed by atoms with van der Waals surface area (Å²) in [5, 5.41) is 8.95. The zero-order valence-corrected chi connectivity index (χ0v) is 9.34. The van der Waals surface area contributed by atoms with Crippen LogP contribution in [0.3, 0.4) is 0 Å². The molecule has 1 aliphatic heterocycles. The van der Waals surface area contributed by atoms with Crippen molar-refractivity contribution in [3.05, 3.63) is 59.8 Å². The van der Waals surface area contributed by atoms with E-state index in [9.17, 15) is 0 Å². The van der Waals surface area contributed by atoms with E-state index in [1.165, 1.54) is 5.56 Å². The first-order chi connectivity index (χ1) is 7.88. The fourth-order valence-corrected chi connectivity index (χ4v) is 1.77. The Balaban J connectivity index is 1.81. The molecule has 1 aromatic rings. The predicted molar refractivity (Wildman–Crippen MR) is 66.0 cm³/mol. The predicted octanol–water partition coefficient (Wildman–Crippen LogP) is 1.98. The maximum Gasteiger partial charge on any atom is 0.0679 e. The summed E-state index contributed by atoms with van der Waals surface area (Å²) >= 11 is 0. The Kier molecular flexibility index (Phi) is 3.78. The molecule has 0 unspecified atom stereocenters. The van der Waals surface area contributed by atoms with Gasteiger partial charge in [0.2, 0.25) is 0 Å². The minimum Gasteiger partial charge on any atom is -0.392 e. The second-order valence-electron chi connectivity index (χ2n) is 3.98. The van der Waals surface area contributed by atoms with E-state index < -0.39 is 0 Å². The quantitative estimate of drug-likeness (QED) is 0.830. The molecule has 0 saturated carbocycles. The third kappa shape index (κ3) is 2.97. The lowest BCUT2D eigenvalue weighted by atomic mass is 10.1. The van der Waals surface area contributed by atoms with Gasteiger partial charge in [0.1, 0.15) is 0 Å². The molecule has 0 aromatic heterocycles. The zero-order valence-electron chi connectivity index (χ0n) is 9.34. The Hall–Kier alpha value is -1.54. The van der Waals surface area contributed by atoms with Crippen molar-refractivity contribution < 1.29 is 5.11 Å². The highest BCUT2D eigenvalue weighted by molar-refractivity contribution is 5.23. The Morgan fingerprint density at radius 2 is 2.00 bits per heavy atom. The first kappa shape index (κ1) is 11.0. The van der Waals surface area contributed by atoms with Crippen LogP contribution in [-0.4, -0.2) is 29.7 Å². The summed E-state index contributed by atoms with van der Waals surface area (Å²) in [4.78, 5) is 2.26. The smallest absolute Gasteiger partial charge is 0.0679 e. The molecule has 2 rings (SSSR count). The minimum atomic E-state index is 0.142. The molecule has 16 heavy (non-hydrogen) atoms. The molecular formula is C14H17NO. The third-order valence-corrected chi connectivity index (χ3v) is 2.80. The van der Waals surface area contributed by atoms with Crippen LogP contribution < -0.4 is 0 Å². The molecule has 0 bridgehead atoms. The number of aliphatic hydroxyl groups excluding tert-OH is 1. The highest BCUT2D eigenvalue weighted by Gasteiger charge is 2.03. The lowest BCUT2D eigenvalue weighted by molar-refractivity contribution is 0.329. The van der Waals surface area contributed by atoms with Gasteiger partial charge in [0.15, 0.2) is 0 Å². The van der Waals surface area contributed by atoms with Crippen molar-refractivity contribution >= 4 is 0 Å². The number of hydrogen-bond acceptors (Lipinski definition) is 2. The SMILES string of the molecule is OCC1=CCN(CCc2ccccc2)C=C1. The zero-order chi connectivity index (χ0) is 11.2. The van der Waals surface area contributed by atoms with E-state index in [0.717, 1.165) is 25.1 Å². The van der Waals surface area contributed by atoms with Crippen molar-refractivity contribution in [2.45, 2.75) is 6.42 Å². The molecule has 0 fully saturated rings. The molecule has 1 aliphatic rings. The Morgan fingerprint density at radius 3 is 2.62 bits per heavy atom. The minimum absolute atomic E-state index is 0.142. The van der Waals surface area contributed by atoms with E-state index in [-0.39, 0.29) is 6.61 Å². The van der Waals surface area contributed by atoms with Crippen molar-refractivity contribution in [1.29, 1.82) is 0 Å². The summed E-state index contributed by atoms with van der Waals surface area (Å²) in [7, 11) is 0. The van der Waals surface area contributed by atoms with Crippen molar-refractivity contribution in [3.8, 4) is 0 Å². The first-order valence-electron chi connectivity index (χ1n) is 5.64. The summed E-state index contributed by atoms with van der Waals surface area (Å²) in [6.45, 7) is 2.07. The van der Waals surface area contributed by atoms with Crippen LogP contribution in [0.5, 0.6) is 0 Å². The van der Waals surface area contributed by atoms with Crippen molar-refractivity contribution in [2.75, 3.05) is 19.7 Å².